The monoisotopic (exact) mass is 445 g/mol. The molecule has 4 nitrogen and oxygen atoms in total. The number of halogens is 1. The third-order valence-electron chi connectivity index (χ3n) is 4.31. The maximum absolute atomic E-state index is 5.67. The molecule has 1 fully saturated rings. The van der Waals surface area contributed by atoms with Crippen molar-refractivity contribution in [3.8, 4) is 0 Å². The van der Waals surface area contributed by atoms with E-state index in [-0.39, 0.29) is 29.4 Å². The lowest BCUT2D eigenvalue weighted by molar-refractivity contribution is 0.105. The minimum absolute atomic E-state index is 0. The summed E-state index contributed by atoms with van der Waals surface area (Å²) in [5.74, 6) is 0.898. The van der Waals surface area contributed by atoms with Crippen molar-refractivity contribution >= 4 is 29.9 Å². The Morgan fingerprint density at radius 3 is 2.62 bits per heavy atom. The number of benzene rings is 1. The lowest BCUT2D eigenvalue weighted by atomic mass is 9.85. The van der Waals surface area contributed by atoms with Gasteiger partial charge in [-0.3, -0.25) is 4.99 Å². The molecule has 1 aliphatic rings. The van der Waals surface area contributed by atoms with Gasteiger partial charge in [0, 0.05) is 25.1 Å². The van der Waals surface area contributed by atoms with Gasteiger partial charge < -0.3 is 15.4 Å². The molecule has 1 atom stereocenters. The van der Waals surface area contributed by atoms with Crippen LogP contribution in [0.5, 0.6) is 0 Å². The second-order valence-electron chi connectivity index (χ2n) is 6.80. The molecule has 1 aliphatic heterocycles. The Morgan fingerprint density at radius 1 is 1.25 bits per heavy atom. The molecule has 0 spiro atoms. The molecule has 136 valence electrons. The van der Waals surface area contributed by atoms with Gasteiger partial charge in [0.2, 0.25) is 0 Å². The van der Waals surface area contributed by atoms with E-state index in [4.69, 9.17) is 9.73 Å². The Hall–Kier alpha value is -0.820. The van der Waals surface area contributed by atoms with Crippen LogP contribution in [0.4, 0.5) is 0 Å². The van der Waals surface area contributed by atoms with Crippen molar-refractivity contribution in [1.82, 2.24) is 10.6 Å². The van der Waals surface area contributed by atoms with E-state index in [1.165, 1.54) is 18.4 Å². The standard InChI is InChI=1S/C19H31N3O.HI/c1-4-20-18(21-13-12-17-11-8-14-23-17)22-15-19(2,3)16-9-6-5-7-10-16;/h5-7,9-10,17H,4,8,11-15H2,1-3H3,(H2,20,21,22);1H. The van der Waals surface area contributed by atoms with Gasteiger partial charge in [0.1, 0.15) is 0 Å². The van der Waals surface area contributed by atoms with Crippen LogP contribution in [0.1, 0.15) is 45.6 Å². The first kappa shape index (κ1) is 21.2. The highest BCUT2D eigenvalue weighted by molar-refractivity contribution is 14.0. The number of guanidine groups is 1. The molecule has 0 aliphatic carbocycles. The number of aliphatic imine (C=N–C) groups is 1. The summed E-state index contributed by atoms with van der Waals surface area (Å²) in [5, 5.41) is 6.76. The summed E-state index contributed by atoms with van der Waals surface area (Å²) in [7, 11) is 0. The number of ether oxygens (including phenoxy) is 1. The van der Waals surface area contributed by atoms with Crippen LogP contribution in [-0.2, 0) is 10.2 Å². The van der Waals surface area contributed by atoms with E-state index >= 15 is 0 Å². The van der Waals surface area contributed by atoms with E-state index in [0.29, 0.717) is 6.10 Å². The van der Waals surface area contributed by atoms with Gasteiger partial charge in [-0.05, 0) is 31.7 Å². The molecular formula is C19H32IN3O. The lowest BCUT2D eigenvalue weighted by Crippen LogP contribution is -2.39. The Bertz CT molecular complexity index is 485. The first-order valence-electron chi connectivity index (χ1n) is 8.81. The van der Waals surface area contributed by atoms with Crippen molar-refractivity contribution in [3.63, 3.8) is 0 Å². The summed E-state index contributed by atoms with van der Waals surface area (Å²) in [6.45, 7) is 10.0. The number of hydrogen-bond acceptors (Lipinski definition) is 2. The number of rotatable bonds is 7. The van der Waals surface area contributed by atoms with Crippen molar-refractivity contribution in [3.05, 3.63) is 35.9 Å². The fraction of sp³-hybridized carbons (Fsp3) is 0.632. The molecule has 1 unspecified atom stereocenters. The van der Waals surface area contributed by atoms with Gasteiger partial charge in [-0.1, -0.05) is 44.2 Å². The summed E-state index contributed by atoms with van der Waals surface area (Å²) in [6.07, 6.45) is 3.86. The Labute approximate surface area is 163 Å². The van der Waals surface area contributed by atoms with Crippen LogP contribution in [-0.4, -0.2) is 38.3 Å². The van der Waals surface area contributed by atoms with Crippen molar-refractivity contribution in [2.75, 3.05) is 26.2 Å². The number of nitrogens with zero attached hydrogens (tertiary/aromatic N) is 1. The van der Waals surface area contributed by atoms with Crippen molar-refractivity contribution in [2.45, 2.75) is 51.6 Å². The average molecular weight is 445 g/mol. The van der Waals surface area contributed by atoms with Crippen molar-refractivity contribution in [1.29, 1.82) is 0 Å². The molecule has 1 aromatic carbocycles. The summed E-state index contributed by atoms with van der Waals surface area (Å²) < 4.78 is 5.67. The van der Waals surface area contributed by atoms with E-state index in [1.54, 1.807) is 0 Å². The first-order valence-corrected chi connectivity index (χ1v) is 8.81. The summed E-state index contributed by atoms with van der Waals surface area (Å²) >= 11 is 0. The maximum Gasteiger partial charge on any atom is 0.191 e. The first-order chi connectivity index (χ1) is 11.1. The lowest BCUT2D eigenvalue weighted by Gasteiger charge is -2.24. The Balaban J connectivity index is 0.00000288. The van der Waals surface area contributed by atoms with Gasteiger partial charge in [-0.15, -0.1) is 24.0 Å². The van der Waals surface area contributed by atoms with Gasteiger partial charge in [0.05, 0.1) is 12.6 Å². The predicted molar refractivity (Wildman–Crippen MR) is 112 cm³/mol. The SMILES string of the molecule is CCNC(=NCC(C)(C)c1ccccc1)NCCC1CCCO1.I. The van der Waals surface area contributed by atoms with Crippen LogP contribution in [0, 0.1) is 0 Å². The molecule has 2 N–H and O–H groups in total. The van der Waals surface area contributed by atoms with Gasteiger partial charge in [-0.2, -0.15) is 0 Å². The van der Waals surface area contributed by atoms with Crippen LogP contribution < -0.4 is 10.6 Å². The topological polar surface area (TPSA) is 45.7 Å². The second kappa shape index (κ2) is 10.9. The average Bonchev–Trinajstić information content (AvgIpc) is 3.07. The zero-order valence-corrected chi connectivity index (χ0v) is 17.5. The predicted octanol–water partition coefficient (Wildman–Crippen LogP) is 3.71. The van der Waals surface area contributed by atoms with Crippen LogP contribution in [0.25, 0.3) is 0 Å². The molecule has 0 aromatic heterocycles. The van der Waals surface area contributed by atoms with E-state index in [9.17, 15) is 0 Å². The molecule has 5 heteroatoms. The quantitative estimate of drug-likeness (QED) is 0.382. The molecular weight excluding hydrogens is 413 g/mol. The van der Waals surface area contributed by atoms with Crippen molar-refractivity contribution in [2.24, 2.45) is 4.99 Å². The van der Waals surface area contributed by atoms with E-state index in [1.807, 2.05) is 0 Å². The normalized spacial score (nSPS) is 18.1. The minimum Gasteiger partial charge on any atom is -0.378 e. The highest BCUT2D eigenvalue weighted by atomic mass is 127. The fourth-order valence-electron chi connectivity index (χ4n) is 2.82. The Morgan fingerprint density at radius 2 is 2.00 bits per heavy atom. The number of nitrogens with one attached hydrogen (secondary N) is 2. The van der Waals surface area contributed by atoms with Crippen LogP contribution in [0.3, 0.4) is 0 Å². The molecule has 0 radical (unpaired) electrons. The third-order valence-corrected chi connectivity index (χ3v) is 4.31. The molecule has 1 aromatic rings. The molecule has 2 rings (SSSR count). The van der Waals surface area contributed by atoms with Crippen LogP contribution in [0.15, 0.2) is 35.3 Å². The molecule has 1 heterocycles. The highest BCUT2D eigenvalue weighted by Gasteiger charge is 2.20. The van der Waals surface area contributed by atoms with Crippen molar-refractivity contribution < 1.29 is 4.74 Å². The third kappa shape index (κ3) is 6.97. The second-order valence-corrected chi connectivity index (χ2v) is 6.80. The number of hydrogen-bond donors (Lipinski definition) is 2. The fourth-order valence-corrected chi connectivity index (χ4v) is 2.82. The zero-order chi connectivity index (χ0) is 16.5. The summed E-state index contributed by atoms with van der Waals surface area (Å²) in [6, 6.07) is 10.6. The largest absolute Gasteiger partial charge is 0.378 e. The van der Waals surface area contributed by atoms with E-state index < -0.39 is 0 Å². The van der Waals surface area contributed by atoms with E-state index in [0.717, 1.165) is 38.6 Å². The smallest absolute Gasteiger partial charge is 0.191 e. The summed E-state index contributed by atoms with van der Waals surface area (Å²) in [4.78, 5) is 4.78. The Kier molecular flexibility index (Phi) is 9.66. The summed E-state index contributed by atoms with van der Waals surface area (Å²) in [5.41, 5.74) is 1.34. The molecule has 24 heavy (non-hydrogen) atoms. The molecule has 0 amide bonds. The van der Waals surface area contributed by atoms with Gasteiger partial charge in [0.25, 0.3) is 0 Å². The molecule has 0 bridgehead atoms. The maximum atomic E-state index is 5.67. The molecule has 0 saturated carbocycles. The van der Waals surface area contributed by atoms with Gasteiger partial charge in [0.15, 0.2) is 5.96 Å². The van der Waals surface area contributed by atoms with Crippen LogP contribution >= 0.6 is 24.0 Å². The minimum atomic E-state index is 0. The van der Waals surface area contributed by atoms with E-state index in [2.05, 4.69) is 61.7 Å². The van der Waals surface area contributed by atoms with Gasteiger partial charge in [-0.25, -0.2) is 0 Å². The molecule has 1 saturated heterocycles. The zero-order valence-electron chi connectivity index (χ0n) is 15.2. The van der Waals surface area contributed by atoms with Gasteiger partial charge >= 0.3 is 0 Å². The van der Waals surface area contributed by atoms with Crippen LogP contribution in [0.2, 0.25) is 0 Å². The highest BCUT2D eigenvalue weighted by Crippen LogP contribution is 2.23.